The van der Waals surface area contributed by atoms with Gasteiger partial charge in [-0.1, -0.05) is 37.8 Å². The molecule has 0 fully saturated rings. The molecule has 1 aromatic carbocycles. The average Bonchev–Trinajstić information content (AvgIpc) is 3.17. The lowest BCUT2D eigenvalue weighted by Gasteiger charge is -2.24. The van der Waals surface area contributed by atoms with Crippen LogP contribution in [0.4, 0.5) is 4.39 Å². The summed E-state index contributed by atoms with van der Waals surface area (Å²) in [7, 11) is -2.66. The number of benzene rings is 1. The number of aromatic carboxylic acids is 1. The molecule has 0 saturated heterocycles. The Bertz CT molecular complexity index is 1030. The lowest BCUT2D eigenvalue weighted by atomic mass is 9.92. The van der Waals surface area contributed by atoms with Gasteiger partial charge in [-0.3, -0.25) is 4.57 Å². The molecule has 1 heterocycles. The molecular weight excluding hydrogens is 422 g/mol. The zero-order valence-electron chi connectivity index (χ0n) is 17.5. The maximum atomic E-state index is 12.6. The highest BCUT2D eigenvalue weighted by molar-refractivity contribution is 7.63. The Hall–Kier alpha value is -2.27. The fourth-order valence-electron chi connectivity index (χ4n) is 2.96. The number of carboxylic acid groups (broad SMARTS) is 1. The Morgan fingerprint density at radius 2 is 1.90 bits per heavy atom. The van der Waals surface area contributed by atoms with Crippen LogP contribution < -0.4 is 0 Å². The van der Waals surface area contributed by atoms with Gasteiger partial charge in [-0.2, -0.15) is 0 Å². The lowest BCUT2D eigenvalue weighted by molar-refractivity contribution is 0.0702. The minimum Gasteiger partial charge on any atom is -0.477 e. The van der Waals surface area contributed by atoms with Crippen molar-refractivity contribution in [1.82, 2.24) is 0 Å². The molecule has 1 N–H and O–H groups in total. The van der Waals surface area contributed by atoms with E-state index in [1.807, 2.05) is 26.0 Å². The second-order valence-corrected chi connectivity index (χ2v) is 10.4. The predicted octanol–water partition coefficient (Wildman–Crippen LogP) is 7.22. The molecule has 0 amide bonds. The maximum absolute atomic E-state index is 12.6. The van der Waals surface area contributed by atoms with E-state index in [0.29, 0.717) is 12.5 Å². The van der Waals surface area contributed by atoms with Crippen LogP contribution in [0.5, 0.6) is 0 Å². The van der Waals surface area contributed by atoms with Gasteiger partial charge in [-0.25, -0.2) is 9.18 Å². The first-order valence-corrected chi connectivity index (χ1v) is 12.4. The van der Waals surface area contributed by atoms with Crippen LogP contribution in [0.2, 0.25) is 0 Å². The third-order valence-corrected chi connectivity index (χ3v) is 7.95. The smallest absolute Gasteiger partial charge is 0.345 e. The van der Waals surface area contributed by atoms with Gasteiger partial charge in [0.1, 0.15) is 10.7 Å². The number of hydrogen-bond acceptors (Lipinski definition) is 4. The number of halogens is 1. The summed E-state index contributed by atoms with van der Waals surface area (Å²) in [6.45, 7) is 12.1. The monoisotopic (exact) mass is 448 g/mol. The Labute approximate surface area is 180 Å². The molecule has 1 aliphatic rings. The van der Waals surface area contributed by atoms with E-state index in [2.05, 4.69) is 13.5 Å². The van der Waals surface area contributed by atoms with E-state index in [9.17, 15) is 13.8 Å². The molecule has 2 aromatic rings. The van der Waals surface area contributed by atoms with E-state index in [1.54, 1.807) is 30.9 Å². The minimum absolute atomic E-state index is 0.286. The minimum atomic E-state index is -2.66. The molecule has 0 saturated carbocycles. The fraction of sp³-hybridized carbons (Fsp3) is 0.261. The third kappa shape index (κ3) is 5.88. The standard InChI is InChI=1S/C12H19O2P.C11H7FO2S/c1-6-14-15(5,13)12-8-7-9(2)10(3)11(12)4;12-8-3-1-7(2-4-8)9-5-6-10(15-9)11(13)14/h7-9H,3,6H2,1-2,4-5H3;1-6H,(H,13,14). The van der Waals surface area contributed by atoms with E-state index in [1.165, 1.54) is 23.5 Å². The van der Waals surface area contributed by atoms with Gasteiger partial charge in [-0.15, -0.1) is 11.3 Å². The summed E-state index contributed by atoms with van der Waals surface area (Å²) in [4.78, 5) is 11.8. The van der Waals surface area contributed by atoms with E-state index >= 15 is 0 Å². The largest absolute Gasteiger partial charge is 0.477 e. The van der Waals surface area contributed by atoms with Crippen molar-refractivity contribution in [3.63, 3.8) is 0 Å². The van der Waals surface area contributed by atoms with Gasteiger partial charge in [0.2, 0.25) is 7.37 Å². The van der Waals surface area contributed by atoms with E-state index < -0.39 is 13.3 Å². The Morgan fingerprint density at radius 1 is 1.27 bits per heavy atom. The molecule has 2 unspecified atom stereocenters. The zero-order valence-corrected chi connectivity index (χ0v) is 19.2. The molecule has 160 valence electrons. The number of allylic oxidation sites excluding steroid dienone is 5. The third-order valence-electron chi connectivity index (χ3n) is 4.72. The number of thiophene rings is 1. The molecule has 1 aliphatic carbocycles. The van der Waals surface area contributed by atoms with Gasteiger partial charge in [0, 0.05) is 16.9 Å². The molecule has 7 heteroatoms. The van der Waals surface area contributed by atoms with E-state index in [0.717, 1.165) is 26.9 Å². The van der Waals surface area contributed by atoms with Crippen molar-refractivity contribution in [3.8, 4) is 10.4 Å². The van der Waals surface area contributed by atoms with Crippen molar-refractivity contribution in [3.05, 3.63) is 82.3 Å². The summed E-state index contributed by atoms with van der Waals surface area (Å²) >= 11 is 1.18. The molecular formula is C23H26FO4PS. The van der Waals surface area contributed by atoms with E-state index in [-0.39, 0.29) is 10.7 Å². The van der Waals surface area contributed by atoms with Crippen LogP contribution in [-0.2, 0) is 9.09 Å². The lowest BCUT2D eigenvalue weighted by Crippen LogP contribution is -2.05. The molecule has 0 bridgehead atoms. The van der Waals surface area contributed by atoms with Crippen molar-refractivity contribution in [2.24, 2.45) is 5.92 Å². The topological polar surface area (TPSA) is 63.6 Å². The second-order valence-electron chi connectivity index (χ2n) is 6.92. The summed E-state index contributed by atoms with van der Waals surface area (Å²) in [5.41, 5.74) is 2.88. The van der Waals surface area contributed by atoms with Crippen molar-refractivity contribution in [2.45, 2.75) is 20.8 Å². The number of hydrogen-bond donors (Lipinski definition) is 1. The summed E-state index contributed by atoms with van der Waals surface area (Å²) in [5.74, 6) is -0.905. The average molecular weight is 448 g/mol. The molecule has 0 aliphatic heterocycles. The molecule has 30 heavy (non-hydrogen) atoms. The summed E-state index contributed by atoms with van der Waals surface area (Å²) < 4.78 is 30.2. The quantitative estimate of drug-likeness (QED) is 0.491. The van der Waals surface area contributed by atoms with Gasteiger partial charge in [0.05, 0.1) is 6.61 Å². The first kappa shape index (κ1) is 24.0. The van der Waals surface area contributed by atoms with E-state index in [4.69, 9.17) is 9.63 Å². The predicted molar refractivity (Wildman–Crippen MR) is 122 cm³/mol. The molecule has 3 rings (SSSR count). The van der Waals surface area contributed by atoms with Crippen LogP contribution in [-0.4, -0.2) is 24.3 Å². The van der Waals surface area contributed by atoms with Gasteiger partial charge < -0.3 is 9.63 Å². The molecule has 0 radical (unpaired) electrons. The second kappa shape index (κ2) is 10.2. The van der Waals surface area contributed by atoms with Gasteiger partial charge in [-0.05, 0) is 60.7 Å². The van der Waals surface area contributed by atoms with Crippen LogP contribution in [0.1, 0.15) is 30.4 Å². The first-order chi connectivity index (χ1) is 14.1. The first-order valence-electron chi connectivity index (χ1n) is 9.46. The number of carboxylic acids is 1. The highest BCUT2D eigenvalue weighted by Crippen LogP contribution is 2.55. The Balaban J connectivity index is 0.000000214. The Kier molecular flexibility index (Phi) is 8.13. The van der Waals surface area contributed by atoms with Crippen molar-refractivity contribution in [2.75, 3.05) is 13.3 Å². The van der Waals surface area contributed by atoms with Crippen molar-refractivity contribution in [1.29, 1.82) is 0 Å². The number of carbonyl (C=O) groups is 1. The molecule has 0 spiro atoms. The van der Waals surface area contributed by atoms with Crippen molar-refractivity contribution < 1.29 is 23.4 Å². The van der Waals surface area contributed by atoms with Crippen LogP contribution >= 0.6 is 18.7 Å². The zero-order chi connectivity index (χ0) is 22.5. The molecule has 2 atom stereocenters. The maximum Gasteiger partial charge on any atom is 0.345 e. The van der Waals surface area contributed by atoms with Gasteiger partial charge >= 0.3 is 5.97 Å². The van der Waals surface area contributed by atoms with Crippen molar-refractivity contribution >= 4 is 24.7 Å². The summed E-state index contributed by atoms with van der Waals surface area (Å²) in [6.07, 6.45) is 3.95. The van der Waals surface area contributed by atoms with Crippen LogP contribution in [0, 0.1) is 11.7 Å². The normalized spacial score (nSPS) is 17.9. The van der Waals surface area contributed by atoms with Crippen LogP contribution in [0.15, 0.2) is 71.6 Å². The summed E-state index contributed by atoms with van der Waals surface area (Å²) in [6, 6.07) is 9.25. The molecule has 4 nitrogen and oxygen atoms in total. The van der Waals surface area contributed by atoms with Crippen LogP contribution in [0.25, 0.3) is 10.4 Å². The van der Waals surface area contributed by atoms with Gasteiger partial charge in [0.15, 0.2) is 0 Å². The fourth-order valence-corrected chi connectivity index (χ4v) is 5.55. The highest BCUT2D eigenvalue weighted by Gasteiger charge is 2.26. The van der Waals surface area contributed by atoms with Gasteiger partial charge in [0.25, 0.3) is 0 Å². The number of rotatable bonds is 5. The van der Waals surface area contributed by atoms with Crippen LogP contribution in [0.3, 0.4) is 0 Å². The molecule has 1 aromatic heterocycles. The highest BCUT2D eigenvalue weighted by atomic mass is 32.1. The summed E-state index contributed by atoms with van der Waals surface area (Å²) in [5, 5.41) is 9.55. The SMILES string of the molecule is C=C1C(C)=C(P(C)(=O)OCC)C=CC1C.O=C(O)c1ccc(-c2ccc(F)cc2)s1. The Morgan fingerprint density at radius 3 is 2.43 bits per heavy atom.